The summed E-state index contributed by atoms with van der Waals surface area (Å²) in [4.78, 5) is 13.9. The molecule has 6 heteroatoms. The molecule has 4 rings (SSSR count). The van der Waals surface area contributed by atoms with Crippen molar-refractivity contribution in [2.45, 2.75) is 6.92 Å². The first-order valence-corrected chi connectivity index (χ1v) is 9.53. The van der Waals surface area contributed by atoms with Crippen molar-refractivity contribution in [2.24, 2.45) is 0 Å². The van der Waals surface area contributed by atoms with Crippen molar-refractivity contribution < 1.29 is 4.74 Å². The van der Waals surface area contributed by atoms with Crippen LogP contribution in [0.25, 0.3) is 0 Å². The van der Waals surface area contributed by atoms with Crippen LogP contribution in [0.3, 0.4) is 0 Å². The number of rotatable bonds is 5. The molecular formula is C22H25N5O. The zero-order valence-electron chi connectivity index (χ0n) is 16.3. The molecule has 0 unspecified atom stereocenters. The Bertz CT molecular complexity index is 923. The van der Waals surface area contributed by atoms with Gasteiger partial charge < -0.3 is 19.9 Å². The summed E-state index contributed by atoms with van der Waals surface area (Å²) in [6.45, 7) is 5.58. The van der Waals surface area contributed by atoms with E-state index in [2.05, 4.69) is 37.2 Å². The van der Waals surface area contributed by atoms with Gasteiger partial charge in [-0.2, -0.15) is 0 Å². The van der Waals surface area contributed by atoms with Gasteiger partial charge in [-0.1, -0.05) is 30.3 Å². The highest BCUT2D eigenvalue weighted by atomic mass is 16.5. The first kappa shape index (κ1) is 18.1. The van der Waals surface area contributed by atoms with Crippen LogP contribution in [0.5, 0.6) is 5.75 Å². The summed E-state index contributed by atoms with van der Waals surface area (Å²) in [5, 5.41) is 3.37. The normalized spacial score (nSPS) is 14.1. The second-order valence-corrected chi connectivity index (χ2v) is 6.80. The van der Waals surface area contributed by atoms with Gasteiger partial charge in [0.1, 0.15) is 23.2 Å². The highest BCUT2D eigenvalue weighted by molar-refractivity contribution is 5.61. The van der Waals surface area contributed by atoms with Gasteiger partial charge >= 0.3 is 0 Å². The lowest BCUT2D eigenvalue weighted by molar-refractivity contribution is 0.413. The highest BCUT2D eigenvalue weighted by Gasteiger charge is 2.21. The van der Waals surface area contributed by atoms with Gasteiger partial charge in [0.15, 0.2) is 0 Å². The van der Waals surface area contributed by atoms with E-state index in [1.807, 2.05) is 55.5 Å². The van der Waals surface area contributed by atoms with E-state index in [-0.39, 0.29) is 0 Å². The smallest absolute Gasteiger partial charge is 0.142 e. The van der Waals surface area contributed by atoms with Crippen molar-refractivity contribution in [1.29, 1.82) is 0 Å². The Morgan fingerprint density at radius 3 is 2.29 bits per heavy atom. The van der Waals surface area contributed by atoms with E-state index in [0.717, 1.165) is 60.8 Å². The SMILES string of the molecule is COc1ccccc1N1CCN(c2cc(Nc3ccccc3)nc(C)n2)CC1. The summed E-state index contributed by atoms with van der Waals surface area (Å²) in [5.41, 5.74) is 2.17. The lowest BCUT2D eigenvalue weighted by atomic mass is 10.2. The van der Waals surface area contributed by atoms with Crippen LogP contribution in [0.2, 0.25) is 0 Å². The number of benzene rings is 2. The minimum Gasteiger partial charge on any atom is -0.495 e. The van der Waals surface area contributed by atoms with Crippen molar-refractivity contribution in [3.05, 3.63) is 66.5 Å². The van der Waals surface area contributed by atoms with Crippen LogP contribution >= 0.6 is 0 Å². The molecule has 0 spiro atoms. The number of para-hydroxylation sites is 3. The predicted octanol–water partition coefficient (Wildman–Crippen LogP) is 3.86. The van der Waals surface area contributed by atoms with E-state index in [0.29, 0.717) is 0 Å². The van der Waals surface area contributed by atoms with E-state index in [1.54, 1.807) is 7.11 Å². The number of ether oxygens (including phenoxy) is 1. The Morgan fingerprint density at radius 1 is 0.857 bits per heavy atom. The molecule has 3 aromatic rings. The fraction of sp³-hybridized carbons (Fsp3) is 0.273. The number of aromatic nitrogens is 2. The summed E-state index contributed by atoms with van der Waals surface area (Å²) >= 11 is 0. The largest absolute Gasteiger partial charge is 0.495 e. The molecule has 2 aromatic carbocycles. The summed E-state index contributed by atoms with van der Waals surface area (Å²) in [6, 6.07) is 20.3. The Balaban J connectivity index is 1.47. The average Bonchev–Trinajstić information content (AvgIpc) is 2.74. The van der Waals surface area contributed by atoms with Crippen LogP contribution in [0, 0.1) is 6.92 Å². The van der Waals surface area contributed by atoms with Gasteiger partial charge in [-0.25, -0.2) is 9.97 Å². The van der Waals surface area contributed by atoms with Crippen LogP contribution in [0.1, 0.15) is 5.82 Å². The van der Waals surface area contributed by atoms with E-state index in [1.165, 1.54) is 0 Å². The Labute approximate surface area is 165 Å². The van der Waals surface area contributed by atoms with E-state index in [9.17, 15) is 0 Å². The molecule has 6 nitrogen and oxygen atoms in total. The van der Waals surface area contributed by atoms with E-state index >= 15 is 0 Å². The van der Waals surface area contributed by atoms with Crippen LogP contribution < -0.4 is 19.9 Å². The second-order valence-electron chi connectivity index (χ2n) is 6.80. The van der Waals surface area contributed by atoms with Crippen LogP contribution in [-0.2, 0) is 0 Å². The molecule has 0 amide bonds. The highest BCUT2D eigenvalue weighted by Crippen LogP contribution is 2.29. The minimum atomic E-state index is 0.767. The third kappa shape index (κ3) is 4.01. The monoisotopic (exact) mass is 375 g/mol. The molecule has 1 aromatic heterocycles. The third-order valence-corrected chi connectivity index (χ3v) is 4.90. The van der Waals surface area contributed by atoms with E-state index in [4.69, 9.17) is 4.74 Å². The fourth-order valence-corrected chi connectivity index (χ4v) is 3.51. The van der Waals surface area contributed by atoms with Crippen molar-refractivity contribution >= 4 is 23.0 Å². The zero-order chi connectivity index (χ0) is 19.3. The second kappa shape index (κ2) is 8.17. The molecule has 0 radical (unpaired) electrons. The maximum Gasteiger partial charge on any atom is 0.142 e. The lowest BCUT2D eigenvalue weighted by Crippen LogP contribution is -2.47. The van der Waals surface area contributed by atoms with Crippen molar-refractivity contribution in [1.82, 2.24) is 9.97 Å². The Hall–Kier alpha value is -3.28. The molecule has 0 atom stereocenters. The number of hydrogen-bond acceptors (Lipinski definition) is 6. The van der Waals surface area contributed by atoms with Crippen molar-refractivity contribution in [3.8, 4) is 5.75 Å². The number of nitrogens with one attached hydrogen (secondary N) is 1. The van der Waals surface area contributed by atoms with Crippen molar-refractivity contribution in [2.75, 3.05) is 48.4 Å². The first-order chi connectivity index (χ1) is 13.7. The number of hydrogen-bond donors (Lipinski definition) is 1. The topological polar surface area (TPSA) is 53.5 Å². The lowest BCUT2D eigenvalue weighted by Gasteiger charge is -2.37. The number of piperazine rings is 1. The van der Waals surface area contributed by atoms with Gasteiger partial charge in [0, 0.05) is 37.9 Å². The molecule has 28 heavy (non-hydrogen) atoms. The molecule has 0 bridgehead atoms. The number of aryl methyl sites for hydroxylation is 1. The maximum atomic E-state index is 5.51. The quantitative estimate of drug-likeness (QED) is 0.731. The average molecular weight is 375 g/mol. The molecule has 1 fully saturated rings. The van der Waals surface area contributed by atoms with Crippen LogP contribution in [-0.4, -0.2) is 43.3 Å². The molecule has 1 saturated heterocycles. The zero-order valence-corrected chi connectivity index (χ0v) is 16.3. The maximum absolute atomic E-state index is 5.51. The number of methoxy groups -OCH3 is 1. The number of nitrogens with zero attached hydrogens (tertiary/aromatic N) is 4. The van der Waals surface area contributed by atoms with Gasteiger partial charge in [-0.05, 0) is 31.2 Å². The van der Waals surface area contributed by atoms with Gasteiger partial charge in [-0.15, -0.1) is 0 Å². The predicted molar refractivity (Wildman–Crippen MR) is 114 cm³/mol. The van der Waals surface area contributed by atoms with Gasteiger partial charge in [0.05, 0.1) is 12.8 Å². The summed E-state index contributed by atoms with van der Waals surface area (Å²) in [6.07, 6.45) is 0. The van der Waals surface area contributed by atoms with Crippen molar-refractivity contribution in [3.63, 3.8) is 0 Å². The summed E-state index contributed by atoms with van der Waals surface area (Å²) in [5.74, 6) is 3.47. The molecule has 2 heterocycles. The van der Waals surface area contributed by atoms with Gasteiger partial charge in [0.2, 0.25) is 0 Å². The first-order valence-electron chi connectivity index (χ1n) is 9.53. The third-order valence-electron chi connectivity index (χ3n) is 4.90. The minimum absolute atomic E-state index is 0.767. The molecule has 144 valence electrons. The Morgan fingerprint density at radius 2 is 1.54 bits per heavy atom. The Kier molecular flexibility index (Phi) is 5.28. The number of anilines is 4. The van der Waals surface area contributed by atoms with Gasteiger partial charge in [-0.3, -0.25) is 0 Å². The molecule has 1 aliphatic heterocycles. The molecule has 1 N–H and O–H groups in total. The van der Waals surface area contributed by atoms with Gasteiger partial charge in [0.25, 0.3) is 0 Å². The van der Waals surface area contributed by atoms with E-state index < -0.39 is 0 Å². The molecule has 0 aliphatic carbocycles. The standard InChI is InChI=1S/C22H25N5O/c1-17-23-21(25-18-8-4-3-5-9-18)16-22(24-17)27-14-12-26(13-15-27)19-10-6-7-11-20(19)28-2/h3-11,16H,12-15H2,1-2H3,(H,23,24,25). The fourth-order valence-electron chi connectivity index (χ4n) is 3.51. The molecular weight excluding hydrogens is 350 g/mol. The molecule has 1 aliphatic rings. The summed E-state index contributed by atoms with van der Waals surface area (Å²) in [7, 11) is 1.72. The summed E-state index contributed by atoms with van der Waals surface area (Å²) < 4.78 is 5.51. The van der Waals surface area contributed by atoms with Crippen LogP contribution in [0.4, 0.5) is 23.0 Å². The molecule has 0 saturated carbocycles. The van der Waals surface area contributed by atoms with Crippen LogP contribution in [0.15, 0.2) is 60.7 Å².